The Morgan fingerprint density at radius 1 is 1.08 bits per heavy atom. The van der Waals surface area contributed by atoms with Crippen LogP contribution in [0.3, 0.4) is 0 Å². The van der Waals surface area contributed by atoms with Gasteiger partial charge in [-0.2, -0.15) is 0 Å². The van der Waals surface area contributed by atoms with Gasteiger partial charge in [-0.1, -0.05) is 12.1 Å². The molecule has 1 amide bonds. The number of halogens is 2. The van der Waals surface area contributed by atoms with Gasteiger partial charge >= 0.3 is 5.97 Å². The van der Waals surface area contributed by atoms with E-state index in [1.54, 1.807) is 6.92 Å². The number of carbonyl (C=O) groups is 2. The Labute approximate surface area is 149 Å². The third-order valence-corrected chi connectivity index (χ3v) is 4.83. The van der Waals surface area contributed by atoms with E-state index in [9.17, 15) is 18.4 Å². The smallest absolute Gasteiger partial charge is 0.306 e. The van der Waals surface area contributed by atoms with Crippen molar-refractivity contribution >= 4 is 11.9 Å². The molecule has 1 aliphatic carbocycles. The first-order chi connectivity index (χ1) is 12.3. The van der Waals surface area contributed by atoms with Gasteiger partial charge in [0.2, 0.25) is 0 Å². The standard InChI is InChI=1S/C20H19F2NO3/c1-11-8-14(21)4-7-16(11)17-6-3-12(10-18(17)22)19(24)23-15-5-2-13(9-15)20(25)26/h3-4,6-8,10,13,15H,2,5,9H2,1H3,(H,23,24)(H,25,26)/t13-,15+/m1/s1. The molecule has 3 rings (SSSR count). The Balaban J connectivity index is 1.75. The van der Waals surface area contributed by atoms with E-state index in [2.05, 4.69) is 5.32 Å². The molecule has 0 heterocycles. The molecule has 0 aliphatic heterocycles. The summed E-state index contributed by atoms with van der Waals surface area (Å²) in [5.74, 6) is -2.68. The van der Waals surface area contributed by atoms with Crippen LogP contribution in [0.2, 0.25) is 0 Å². The molecule has 0 saturated heterocycles. The molecule has 2 atom stereocenters. The lowest BCUT2D eigenvalue weighted by molar-refractivity contribution is -0.141. The third-order valence-electron chi connectivity index (χ3n) is 4.83. The number of carbonyl (C=O) groups excluding carboxylic acids is 1. The van der Waals surface area contributed by atoms with Gasteiger partial charge in [-0.25, -0.2) is 8.78 Å². The van der Waals surface area contributed by atoms with Gasteiger partial charge in [0.1, 0.15) is 11.6 Å². The molecule has 0 bridgehead atoms. The number of hydrogen-bond donors (Lipinski definition) is 2. The van der Waals surface area contributed by atoms with Crippen molar-refractivity contribution in [3.63, 3.8) is 0 Å². The first-order valence-corrected chi connectivity index (χ1v) is 8.45. The minimum Gasteiger partial charge on any atom is -0.481 e. The minimum absolute atomic E-state index is 0.171. The van der Waals surface area contributed by atoms with Gasteiger partial charge in [-0.05, 0) is 61.6 Å². The van der Waals surface area contributed by atoms with Crippen LogP contribution in [-0.2, 0) is 4.79 Å². The summed E-state index contributed by atoms with van der Waals surface area (Å²) in [5, 5.41) is 11.8. The number of aliphatic carboxylic acids is 1. The third kappa shape index (κ3) is 3.74. The Morgan fingerprint density at radius 2 is 1.81 bits per heavy atom. The maximum Gasteiger partial charge on any atom is 0.306 e. The summed E-state index contributed by atoms with van der Waals surface area (Å²) in [6, 6.07) is 8.05. The first kappa shape index (κ1) is 18.0. The molecule has 6 heteroatoms. The predicted molar refractivity (Wildman–Crippen MR) is 92.8 cm³/mol. The molecule has 0 unspecified atom stereocenters. The fourth-order valence-electron chi connectivity index (χ4n) is 3.41. The lowest BCUT2D eigenvalue weighted by Gasteiger charge is -2.13. The van der Waals surface area contributed by atoms with Gasteiger partial charge in [0.05, 0.1) is 5.92 Å². The molecule has 2 aromatic carbocycles. The van der Waals surface area contributed by atoms with Crippen LogP contribution in [-0.4, -0.2) is 23.0 Å². The van der Waals surface area contributed by atoms with Gasteiger partial charge in [0, 0.05) is 17.2 Å². The van der Waals surface area contributed by atoms with Crippen LogP contribution in [0, 0.1) is 24.5 Å². The summed E-state index contributed by atoms with van der Waals surface area (Å²) in [7, 11) is 0. The molecule has 0 spiro atoms. The van der Waals surface area contributed by atoms with Gasteiger partial charge in [-0.15, -0.1) is 0 Å². The van der Waals surface area contributed by atoms with E-state index in [1.165, 1.54) is 30.3 Å². The molecular formula is C20H19F2NO3. The lowest BCUT2D eigenvalue weighted by Crippen LogP contribution is -2.33. The molecule has 2 aromatic rings. The van der Waals surface area contributed by atoms with Crippen LogP contribution in [0.1, 0.15) is 35.2 Å². The van der Waals surface area contributed by atoms with Crippen molar-refractivity contribution in [2.24, 2.45) is 5.92 Å². The molecule has 2 N–H and O–H groups in total. The van der Waals surface area contributed by atoms with Crippen LogP contribution >= 0.6 is 0 Å². The summed E-state index contributed by atoms with van der Waals surface area (Å²) in [5.41, 5.74) is 1.64. The van der Waals surface area contributed by atoms with E-state index < -0.39 is 23.6 Å². The summed E-state index contributed by atoms with van der Waals surface area (Å²) in [6.45, 7) is 1.69. The molecule has 136 valence electrons. The lowest BCUT2D eigenvalue weighted by atomic mass is 9.98. The Kier molecular flexibility index (Phi) is 5.02. The van der Waals surface area contributed by atoms with Crippen molar-refractivity contribution < 1.29 is 23.5 Å². The summed E-state index contributed by atoms with van der Waals surface area (Å²) < 4.78 is 27.7. The zero-order valence-corrected chi connectivity index (χ0v) is 14.3. The van der Waals surface area contributed by atoms with E-state index in [0.717, 1.165) is 6.07 Å². The van der Waals surface area contributed by atoms with Crippen molar-refractivity contribution in [3.8, 4) is 11.1 Å². The summed E-state index contributed by atoms with van der Waals surface area (Å²) in [4.78, 5) is 23.3. The van der Waals surface area contributed by atoms with Gasteiger partial charge in [-0.3, -0.25) is 9.59 Å². The van der Waals surface area contributed by atoms with Crippen LogP contribution in [0.4, 0.5) is 8.78 Å². The van der Waals surface area contributed by atoms with Crippen LogP contribution in [0.5, 0.6) is 0 Å². The number of rotatable bonds is 4. The monoisotopic (exact) mass is 359 g/mol. The largest absolute Gasteiger partial charge is 0.481 e. The second-order valence-corrected chi connectivity index (χ2v) is 6.67. The van der Waals surface area contributed by atoms with E-state index in [-0.39, 0.29) is 17.4 Å². The maximum absolute atomic E-state index is 14.5. The summed E-state index contributed by atoms with van der Waals surface area (Å²) in [6.07, 6.45) is 1.51. The Bertz CT molecular complexity index is 866. The zero-order valence-electron chi connectivity index (χ0n) is 14.3. The van der Waals surface area contributed by atoms with E-state index in [4.69, 9.17) is 5.11 Å². The SMILES string of the molecule is Cc1cc(F)ccc1-c1ccc(C(=O)N[C@H]2CC[C@@H](C(=O)O)C2)cc1F. The average molecular weight is 359 g/mol. The number of carboxylic acid groups (broad SMARTS) is 1. The molecule has 4 nitrogen and oxygen atoms in total. The van der Waals surface area contributed by atoms with Crippen LogP contribution in [0.15, 0.2) is 36.4 Å². The van der Waals surface area contributed by atoms with Gasteiger partial charge < -0.3 is 10.4 Å². The molecular weight excluding hydrogens is 340 g/mol. The quantitative estimate of drug-likeness (QED) is 0.869. The highest BCUT2D eigenvalue weighted by atomic mass is 19.1. The van der Waals surface area contributed by atoms with E-state index in [1.807, 2.05) is 0 Å². The van der Waals surface area contributed by atoms with Crippen molar-refractivity contribution in [1.82, 2.24) is 5.32 Å². The average Bonchev–Trinajstić information content (AvgIpc) is 3.04. The number of benzene rings is 2. The van der Waals surface area contributed by atoms with Crippen molar-refractivity contribution in [1.29, 1.82) is 0 Å². The highest BCUT2D eigenvalue weighted by Gasteiger charge is 2.30. The van der Waals surface area contributed by atoms with Crippen molar-refractivity contribution in [2.45, 2.75) is 32.2 Å². The first-order valence-electron chi connectivity index (χ1n) is 8.45. The molecule has 0 aromatic heterocycles. The minimum atomic E-state index is -0.855. The number of amides is 1. The number of hydrogen-bond acceptors (Lipinski definition) is 2. The van der Waals surface area contributed by atoms with Crippen LogP contribution < -0.4 is 5.32 Å². The summed E-state index contributed by atoms with van der Waals surface area (Å²) >= 11 is 0. The van der Waals surface area contributed by atoms with Gasteiger partial charge in [0.15, 0.2) is 0 Å². The molecule has 0 radical (unpaired) electrons. The fourth-order valence-corrected chi connectivity index (χ4v) is 3.41. The molecule has 1 fully saturated rings. The highest BCUT2D eigenvalue weighted by Crippen LogP contribution is 2.28. The topological polar surface area (TPSA) is 66.4 Å². The second kappa shape index (κ2) is 7.23. The zero-order chi connectivity index (χ0) is 18.8. The van der Waals surface area contributed by atoms with E-state index >= 15 is 0 Å². The normalized spacial score (nSPS) is 19.3. The Hall–Kier alpha value is -2.76. The molecule has 1 aliphatic rings. The predicted octanol–water partition coefficient (Wildman–Crippen LogP) is 3.92. The number of nitrogens with one attached hydrogen (secondary N) is 1. The van der Waals surface area contributed by atoms with Crippen molar-refractivity contribution in [3.05, 3.63) is 59.2 Å². The molecule has 26 heavy (non-hydrogen) atoms. The number of carboxylic acids is 1. The second-order valence-electron chi connectivity index (χ2n) is 6.67. The highest BCUT2D eigenvalue weighted by molar-refractivity contribution is 5.95. The van der Waals surface area contributed by atoms with Crippen molar-refractivity contribution in [2.75, 3.05) is 0 Å². The Morgan fingerprint density at radius 3 is 2.42 bits per heavy atom. The van der Waals surface area contributed by atoms with Crippen LogP contribution in [0.25, 0.3) is 11.1 Å². The fraction of sp³-hybridized carbons (Fsp3) is 0.300. The number of aryl methyl sites for hydroxylation is 1. The molecule has 1 saturated carbocycles. The maximum atomic E-state index is 14.5. The van der Waals surface area contributed by atoms with E-state index in [0.29, 0.717) is 36.0 Å². The van der Waals surface area contributed by atoms with Gasteiger partial charge in [0.25, 0.3) is 5.91 Å².